The molecule has 8 rings (SSSR count). The van der Waals surface area contributed by atoms with Crippen LogP contribution in [-0.4, -0.2) is 25.9 Å². The smallest absolute Gasteiger partial charge is 0.416 e. The molecular formula is C41H30F3NO4. The van der Waals surface area contributed by atoms with Crippen LogP contribution in [0, 0.1) is 0 Å². The quantitative estimate of drug-likeness (QED) is 0.179. The number of alkyl halides is 3. The summed E-state index contributed by atoms with van der Waals surface area (Å²) in [7, 11) is 4.75. The molecule has 0 spiro atoms. The van der Waals surface area contributed by atoms with Crippen molar-refractivity contribution in [1.29, 1.82) is 0 Å². The Morgan fingerprint density at radius 2 is 1.29 bits per heavy atom. The molecule has 244 valence electrons. The van der Waals surface area contributed by atoms with E-state index in [-0.39, 0.29) is 0 Å². The van der Waals surface area contributed by atoms with Crippen LogP contribution in [0.15, 0.2) is 121 Å². The van der Waals surface area contributed by atoms with Crippen LogP contribution in [-0.2, 0) is 11.8 Å². The summed E-state index contributed by atoms with van der Waals surface area (Å²) >= 11 is 0. The predicted molar refractivity (Wildman–Crippen MR) is 186 cm³/mol. The summed E-state index contributed by atoms with van der Waals surface area (Å²) in [4.78, 5) is 0. The van der Waals surface area contributed by atoms with Crippen molar-refractivity contribution in [2.75, 3.05) is 21.3 Å². The first-order chi connectivity index (χ1) is 23.8. The maximum absolute atomic E-state index is 14.2. The molecule has 49 heavy (non-hydrogen) atoms. The van der Waals surface area contributed by atoms with Gasteiger partial charge in [0.2, 0.25) is 0 Å². The summed E-state index contributed by atoms with van der Waals surface area (Å²) in [6.07, 6.45) is -0.481. The number of para-hydroxylation sites is 1. The van der Waals surface area contributed by atoms with Crippen molar-refractivity contribution in [2.24, 2.45) is 0 Å². The summed E-state index contributed by atoms with van der Waals surface area (Å²) in [6, 6.07) is 34.8. The lowest BCUT2D eigenvalue weighted by atomic mass is 9.83. The molecule has 6 aromatic carbocycles. The lowest BCUT2D eigenvalue weighted by Gasteiger charge is -2.37. The number of hydrogen-bond acceptors (Lipinski definition) is 4. The highest BCUT2D eigenvalue weighted by Crippen LogP contribution is 2.53. The Hall–Kier alpha value is -5.89. The zero-order valence-corrected chi connectivity index (χ0v) is 26.8. The zero-order valence-electron chi connectivity index (χ0n) is 26.8. The van der Waals surface area contributed by atoms with Crippen molar-refractivity contribution in [1.82, 2.24) is 4.57 Å². The minimum Gasteiger partial charge on any atom is -0.497 e. The number of benzene rings is 6. The van der Waals surface area contributed by atoms with Gasteiger partial charge < -0.3 is 23.5 Å². The van der Waals surface area contributed by atoms with E-state index in [1.165, 1.54) is 6.07 Å². The molecule has 0 saturated heterocycles. The van der Waals surface area contributed by atoms with Crippen molar-refractivity contribution in [2.45, 2.75) is 11.8 Å². The molecule has 2 heterocycles. The minimum absolute atomic E-state index is 0.420. The highest BCUT2D eigenvalue weighted by Gasteiger charge is 2.40. The zero-order chi connectivity index (χ0) is 33.9. The maximum atomic E-state index is 14.2. The fourth-order valence-electron chi connectivity index (χ4n) is 7.03. The molecule has 0 radical (unpaired) electrons. The van der Waals surface area contributed by atoms with E-state index in [0.29, 0.717) is 45.1 Å². The lowest BCUT2D eigenvalue weighted by molar-refractivity contribution is -0.137. The van der Waals surface area contributed by atoms with Gasteiger partial charge in [-0.2, -0.15) is 13.2 Å². The van der Waals surface area contributed by atoms with Gasteiger partial charge in [-0.1, -0.05) is 66.7 Å². The van der Waals surface area contributed by atoms with Gasteiger partial charge in [0.15, 0.2) is 17.1 Å². The molecular weight excluding hydrogens is 627 g/mol. The first-order valence-electron chi connectivity index (χ1n) is 15.7. The second kappa shape index (κ2) is 11.4. The Kier molecular flexibility index (Phi) is 7.07. The molecule has 0 saturated carbocycles. The number of methoxy groups -OCH3 is 3. The Morgan fingerprint density at radius 1 is 0.653 bits per heavy atom. The third-order valence-electron chi connectivity index (χ3n) is 9.32. The Labute approximate surface area is 280 Å². The highest BCUT2D eigenvalue weighted by atomic mass is 19.4. The predicted octanol–water partition coefficient (Wildman–Crippen LogP) is 10.3. The molecule has 0 N–H and O–H groups in total. The third-order valence-corrected chi connectivity index (χ3v) is 9.32. The van der Waals surface area contributed by atoms with Crippen LogP contribution in [0.4, 0.5) is 13.2 Å². The molecule has 0 aliphatic carbocycles. The van der Waals surface area contributed by atoms with E-state index in [0.717, 1.165) is 38.9 Å². The third kappa shape index (κ3) is 4.70. The number of rotatable bonds is 6. The number of halogens is 3. The first-order valence-corrected chi connectivity index (χ1v) is 15.7. The Bertz CT molecular complexity index is 2400. The van der Waals surface area contributed by atoms with Crippen LogP contribution in [0.3, 0.4) is 0 Å². The second-order valence-corrected chi connectivity index (χ2v) is 11.9. The van der Waals surface area contributed by atoms with Crippen molar-refractivity contribution in [3.63, 3.8) is 0 Å². The van der Waals surface area contributed by atoms with Crippen LogP contribution in [0.25, 0.3) is 44.3 Å². The van der Waals surface area contributed by atoms with Gasteiger partial charge in [0.05, 0.1) is 37.9 Å². The van der Waals surface area contributed by atoms with E-state index in [2.05, 4.69) is 0 Å². The molecule has 1 aliphatic heterocycles. The molecule has 1 unspecified atom stereocenters. The fraction of sp³-hybridized carbons (Fsp3) is 0.122. The Morgan fingerprint density at radius 3 is 1.92 bits per heavy atom. The summed E-state index contributed by atoms with van der Waals surface area (Å²) in [6.45, 7) is 0. The van der Waals surface area contributed by atoms with Crippen molar-refractivity contribution < 1.29 is 32.1 Å². The molecule has 0 fully saturated rings. The van der Waals surface area contributed by atoms with Gasteiger partial charge in [0.25, 0.3) is 0 Å². The van der Waals surface area contributed by atoms with E-state index in [1.54, 1.807) is 27.4 Å². The monoisotopic (exact) mass is 657 g/mol. The van der Waals surface area contributed by atoms with Crippen LogP contribution in [0.1, 0.15) is 22.3 Å². The van der Waals surface area contributed by atoms with Crippen molar-refractivity contribution >= 4 is 38.7 Å². The van der Waals surface area contributed by atoms with Gasteiger partial charge in [-0.3, -0.25) is 0 Å². The van der Waals surface area contributed by atoms with Crippen LogP contribution in [0.2, 0.25) is 0 Å². The molecule has 8 heteroatoms. The van der Waals surface area contributed by atoms with Crippen LogP contribution in [0.5, 0.6) is 23.0 Å². The minimum atomic E-state index is -4.53. The van der Waals surface area contributed by atoms with Gasteiger partial charge in [-0.05, 0) is 66.1 Å². The van der Waals surface area contributed by atoms with E-state index >= 15 is 0 Å². The average molecular weight is 658 g/mol. The number of nitrogens with zero attached hydrogens (tertiary/aromatic N) is 1. The molecule has 0 amide bonds. The Balaban J connectivity index is 1.55. The van der Waals surface area contributed by atoms with E-state index < -0.39 is 17.3 Å². The summed E-state index contributed by atoms with van der Waals surface area (Å²) in [5.74, 6) is 2.25. The topological polar surface area (TPSA) is 41.9 Å². The van der Waals surface area contributed by atoms with E-state index in [4.69, 9.17) is 18.9 Å². The average Bonchev–Trinajstić information content (AvgIpc) is 3.49. The first kappa shape index (κ1) is 30.4. The normalized spacial score (nSPS) is 15.7. The lowest BCUT2D eigenvalue weighted by Crippen LogP contribution is -2.34. The maximum Gasteiger partial charge on any atom is 0.416 e. The van der Waals surface area contributed by atoms with Gasteiger partial charge in [0, 0.05) is 38.5 Å². The SMILES string of the molecule is COc1ccc(C2(c3ccccc3)C=Cc3c(c4cc(OC)c(OC)cc4c4c5ccc(C(F)(F)F)cc5n(-c5ccccc5)c34)O2)cc1. The van der Waals surface area contributed by atoms with Crippen molar-refractivity contribution in [3.8, 4) is 28.7 Å². The van der Waals surface area contributed by atoms with Gasteiger partial charge in [-0.15, -0.1) is 0 Å². The van der Waals surface area contributed by atoms with Crippen molar-refractivity contribution in [3.05, 3.63) is 144 Å². The second-order valence-electron chi connectivity index (χ2n) is 11.9. The fourth-order valence-corrected chi connectivity index (χ4v) is 7.03. The number of aromatic nitrogens is 1. The number of fused-ring (bicyclic) bond motifs is 8. The summed E-state index contributed by atoms with van der Waals surface area (Å²) < 4.78 is 68.8. The highest BCUT2D eigenvalue weighted by molar-refractivity contribution is 6.25. The molecule has 5 nitrogen and oxygen atoms in total. The number of hydrogen-bond donors (Lipinski definition) is 0. The molecule has 1 atom stereocenters. The van der Waals surface area contributed by atoms with E-state index in [9.17, 15) is 13.2 Å². The standard InChI is InChI=1S/C41H30F3NO4/c1-46-29-17-14-26(15-18-29)40(25-10-6-4-7-11-25)21-20-31-38-37(32-23-35(47-2)36(48-3)24-33(32)39(31)49-40)30-19-16-27(41(42,43)44)22-34(30)45(38)28-12-8-5-9-13-28/h4-24H,1-3H3. The summed E-state index contributed by atoms with van der Waals surface area (Å²) in [5, 5.41) is 2.91. The van der Waals surface area contributed by atoms with Gasteiger partial charge in [-0.25, -0.2) is 0 Å². The summed E-state index contributed by atoms with van der Waals surface area (Å²) in [5.41, 5.74) is 2.55. The molecule has 1 aromatic heterocycles. The van der Waals surface area contributed by atoms with Gasteiger partial charge in [0.1, 0.15) is 11.5 Å². The van der Waals surface area contributed by atoms with Gasteiger partial charge >= 0.3 is 6.18 Å². The molecule has 1 aliphatic rings. The number of ether oxygens (including phenoxy) is 4. The molecule has 0 bridgehead atoms. The largest absolute Gasteiger partial charge is 0.497 e. The van der Waals surface area contributed by atoms with Crippen LogP contribution < -0.4 is 18.9 Å². The van der Waals surface area contributed by atoms with Crippen LogP contribution >= 0.6 is 0 Å². The van der Waals surface area contributed by atoms with E-state index in [1.807, 2.05) is 114 Å². The molecule has 7 aromatic rings.